The number of rotatable bonds is 3. The lowest BCUT2D eigenvalue weighted by molar-refractivity contribution is 0.0928. The fourth-order valence-electron chi connectivity index (χ4n) is 3.21. The van der Waals surface area contributed by atoms with Crippen LogP contribution in [0.2, 0.25) is 0 Å². The van der Waals surface area contributed by atoms with E-state index in [2.05, 4.69) is 32.1 Å². The quantitative estimate of drug-likeness (QED) is 0.768. The van der Waals surface area contributed by atoms with Crippen LogP contribution in [-0.4, -0.2) is 20.6 Å². The van der Waals surface area contributed by atoms with E-state index >= 15 is 0 Å². The number of carbonyl (C=O) groups excluding carboxylic acids is 1. The average Bonchev–Trinajstić information content (AvgIpc) is 3.27. The second kappa shape index (κ2) is 5.52. The third kappa shape index (κ3) is 2.44. The normalized spacial score (nSPS) is 16.1. The molecular formula is C17H16N4O3. The lowest BCUT2D eigenvalue weighted by Crippen LogP contribution is -2.28. The Morgan fingerprint density at radius 2 is 2.25 bits per heavy atom. The third-order valence-corrected chi connectivity index (χ3v) is 4.39. The average molecular weight is 324 g/mol. The van der Waals surface area contributed by atoms with Gasteiger partial charge in [-0.1, -0.05) is 29.4 Å². The number of aromatic amines is 1. The molecule has 122 valence electrons. The summed E-state index contributed by atoms with van der Waals surface area (Å²) in [6, 6.07) is 9.88. The van der Waals surface area contributed by atoms with Crippen molar-refractivity contribution in [2.75, 3.05) is 0 Å². The Labute approximate surface area is 137 Å². The summed E-state index contributed by atoms with van der Waals surface area (Å²) in [7, 11) is 1.78. The van der Waals surface area contributed by atoms with E-state index < -0.39 is 5.76 Å². The SMILES string of the molecule is Cn1cc(-c2noc(=O)[nH]2)cc1C(=O)N[C@@H]1CCc2ccccc21. The number of nitrogens with one attached hydrogen (secondary N) is 2. The van der Waals surface area contributed by atoms with Gasteiger partial charge in [-0.25, -0.2) is 4.79 Å². The van der Waals surface area contributed by atoms with Crippen LogP contribution in [0.15, 0.2) is 45.8 Å². The minimum Gasteiger partial charge on any atom is -0.346 e. The van der Waals surface area contributed by atoms with E-state index in [-0.39, 0.29) is 11.9 Å². The second-order valence-corrected chi connectivity index (χ2v) is 5.93. The third-order valence-electron chi connectivity index (χ3n) is 4.39. The molecule has 0 saturated heterocycles. The number of benzene rings is 1. The number of aryl methyl sites for hydroxylation is 2. The lowest BCUT2D eigenvalue weighted by atomic mass is 10.1. The second-order valence-electron chi connectivity index (χ2n) is 5.93. The minimum absolute atomic E-state index is 0.0268. The molecule has 4 rings (SSSR count). The van der Waals surface area contributed by atoms with Crippen LogP contribution in [0.4, 0.5) is 0 Å². The Balaban J connectivity index is 1.57. The number of hydrogen-bond acceptors (Lipinski definition) is 4. The molecule has 0 unspecified atom stereocenters. The summed E-state index contributed by atoms with van der Waals surface area (Å²) < 4.78 is 6.21. The number of nitrogens with zero attached hydrogens (tertiary/aromatic N) is 2. The fraction of sp³-hybridized carbons (Fsp3) is 0.235. The first-order chi connectivity index (χ1) is 11.6. The van der Waals surface area contributed by atoms with Crippen LogP contribution in [0.25, 0.3) is 11.4 Å². The number of carbonyl (C=O) groups is 1. The molecule has 0 spiro atoms. The Hall–Kier alpha value is -3.09. The van der Waals surface area contributed by atoms with Crippen LogP contribution in [0, 0.1) is 0 Å². The van der Waals surface area contributed by atoms with E-state index in [1.54, 1.807) is 23.9 Å². The van der Waals surface area contributed by atoms with Crippen molar-refractivity contribution in [1.82, 2.24) is 20.0 Å². The van der Waals surface area contributed by atoms with Crippen molar-refractivity contribution in [3.8, 4) is 11.4 Å². The number of amides is 1. The zero-order valence-corrected chi connectivity index (χ0v) is 13.1. The standard InChI is InChI=1S/C17H16N4O3/c1-21-9-11(15-19-17(23)24-20-15)8-14(21)16(22)18-13-7-6-10-4-2-3-5-12(10)13/h2-5,8-9,13H,6-7H2,1H3,(H,18,22)(H,19,20,23)/t13-/m1/s1. The van der Waals surface area contributed by atoms with Crippen molar-refractivity contribution in [2.45, 2.75) is 18.9 Å². The molecule has 1 aliphatic rings. The van der Waals surface area contributed by atoms with Gasteiger partial charge >= 0.3 is 5.76 Å². The molecular weight excluding hydrogens is 308 g/mol. The molecule has 7 heteroatoms. The van der Waals surface area contributed by atoms with E-state index in [0.29, 0.717) is 17.1 Å². The number of fused-ring (bicyclic) bond motifs is 1. The van der Waals surface area contributed by atoms with E-state index in [4.69, 9.17) is 0 Å². The minimum atomic E-state index is -0.623. The van der Waals surface area contributed by atoms with Gasteiger partial charge in [0.1, 0.15) is 5.69 Å². The molecule has 2 N–H and O–H groups in total. The largest absolute Gasteiger partial charge is 0.439 e. The van der Waals surface area contributed by atoms with Crippen molar-refractivity contribution in [3.05, 3.63) is 63.9 Å². The first kappa shape index (κ1) is 14.5. The maximum absolute atomic E-state index is 12.6. The summed E-state index contributed by atoms with van der Waals surface area (Å²) in [4.78, 5) is 26.2. The molecule has 0 fully saturated rings. The van der Waals surface area contributed by atoms with E-state index in [1.807, 2.05) is 12.1 Å². The monoisotopic (exact) mass is 324 g/mol. The van der Waals surface area contributed by atoms with Crippen LogP contribution in [-0.2, 0) is 13.5 Å². The highest BCUT2D eigenvalue weighted by atomic mass is 16.5. The van der Waals surface area contributed by atoms with Crippen molar-refractivity contribution >= 4 is 5.91 Å². The predicted molar refractivity (Wildman–Crippen MR) is 86.5 cm³/mol. The highest BCUT2D eigenvalue weighted by Crippen LogP contribution is 2.31. The van der Waals surface area contributed by atoms with Crippen LogP contribution < -0.4 is 11.1 Å². The molecule has 24 heavy (non-hydrogen) atoms. The highest BCUT2D eigenvalue weighted by molar-refractivity contribution is 5.94. The van der Waals surface area contributed by atoms with Gasteiger partial charge in [0.2, 0.25) is 0 Å². The van der Waals surface area contributed by atoms with Gasteiger partial charge in [-0.2, -0.15) is 0 Å². The summed E-state index contributed by atoms with van der Waals surface area (Å²) >= 11 is 0. The number of aromatic nitrogens is 3. The Bertz CT molecular complexity index is 966. The molecule has 0 radical (unpaired) electrons. The Morgan fingerprint density at radius 3 is 3.04 bits per heavy atom. The molecule has 1 aliphatic carbocycles. The van der Waals surface area contributed by atoms with Gasteiger partial charge in [0.25, 0.3) is 5.91 Å². The lowest BCUT2D eigenvalue weighted by Gasteiger charge is -2.14. The van der Waals surface area contributed by atoms with Gasteiger partial charge in [0.15, 0.2) is 5.82 Å². The van der Waals surface area contributed by atoms with Crippen LogP contribution in [0.5, 0.6) is 0 Å². The zero-order valence-electron chi connectivity index (χ0n) is 13.1. The predicted octanol–water partition coefficient (Wildman–Crippen LogP) is 1.79. The first-order valence-electron chi connectivity index (χ1n) is 7.73. The molecule has 0 saturated carbocycles. The van der Waals surface area contributed by atoms with Gasteiger partial charge in [-0.15, -0.1) is 0 Å². The highest BCUT2D eigenvalue weighted by Gasteiger charge is 2.25. The van der Waals surface area contributed by atoms with Gasteiger partial charge in [-0.05, 0) is 30.0 Å². The molecule has 1 amide bonds. The summed E-state index contributed by atoms with van der Waals surface area (Å²) in [5, 5.41) is 6.73. The molecule has 0 aliphatic heterocycles. The first-order valence-corrected chi connectivity index (χ1v) is 7.73. The maximum atomic E-state index is 12.6. The molecule has 2 heterocycles. The van der Waals surface area contributed by atoms with Gasteiger partial charge < -0.3 is 9.88 Å². The molecule has 2 aromatic heterocycles. The number of hydrogen-bond donors (Lipinski definition) is 2. The van der Waals surface area contributed by atoms with E-state index in [0.717, 1.165) is 12.8 Å². The van der Waals surface area contributed by atoms with Gasteiger partial charge in [0.05, 0.1) is 6.04 Å². The van der Waals surface area contributed by atoms with Crippen LogP contribution in [0.3, 0.4) is 0 Å². The van der Waals surface area contributed by atoms with E-state index in [1.165, 1.54) is 11.1 Å². The molecule has 0 bridgehead atoms. The van der Waals surface area contributed by atoms with Crippen LogP contribution in [0.1, 0.15) is 34.1 Å². The van der Waals surface area contributed by atoms with Crippen LogP contribution >= 0.6 is 0 Å². The number of H-pyrrole nitrogens is 1. The zero-order chi connectivity index (χ0) is 16.7. The smallest absolute Gasteiger partial charge is 0.346 e. The van der Waals surface area contributed by atoms with Gasteiger partial charge in [0, 0.05) is 18.8 Å². The van der Waals surface area contributed by atoms with Crippen molar-refractivity contribution in [2.24, 2.45) is 7.05 Å². The van der Waals surface area contributed by atoms with Crippen molar-refractivity contribution in [3.63, 3.8) is 0 Å². The summed E-state index contributed by atoms with van der Waals surface area (Å²) in [6.45, 7) is 0. The molecule has 1 atom stereocenters. The van der Waals surface area contributed by atoms with E-state index in [9.17, 15) is 9.59 Å². The molecule has 3 aromatic rings. The fourth-order valence-corrected chi connectivity index (χ4v) is 3.21. The van der Waals surface area contributed by atoms with Crippen molar-refractivity contribution < 1.29 is 9.32 Å². The van der Waals surface area contributed by atoms with Crippen molar-refractivity contribution in [1.29, 1.82) is 0 Å². The maximum Gasteiger partial charge on any atom is 0.439 e. The van der Waals surface area contributed by atoms with Gasteiger partial charge in [-0.3, -0.25) is 14.3 Å². The summed E-state index contributed by atoms with van der Waals surface area (Å²) in [5.41, 5.74) is 3.59. The summed E-state index contributed by atoms with van der Waals surface area (Å²) in [6.07, 6.45) is 3.60. The molecule has 7 nitrogen and oxygen atoms in total. The summed E-state index contributed by atoms with van der Waals surface area (Å²) in [5.74, 6) is -0.473. The topological polar surface area (TPSA) is 92.9 Å². The Morgan fingerprint density at radius 1 is 1.42 bits per heavy atom. The Kier molecular flexibility index (Phi) is 3.34. The molecule has 1 aromatic carbocycles.